The van der Waals surface area contributed by atoms with Crippen molar-refractivity contribution in [2.45, 2.75) is 45.6 Å². The molecule has 0 saturated heterocycles. The molecule has 4 heteroatoms. The number of aromatic hydroxyl groups is 1. The Bertz CT molecular complexity index is 499. The van der Waals surface area contributed by atoms with E-state index in [0.717, 1.165) is 12.0 Å². The van der Waals surface area contributed by atoms with Crippen molar-refractivity contribution in [2.24, 2.45) is 0 Å². The predicted molar refractivity (Wildman–Crippen MR) is 77.9 cm³/mol. The summed E-state index contributed by atoms with van der Waals surface area (Å²) in [5.74, 6) is 0.598. The molecule has 1 aliphatic carbocycles. The van der Waals surface area contributed by atoms with Gasteiger partial charge in [0.1, 0.15) is 5.75 Å². The fraction of sp³-hybridized carbons (Fsp3) is 0.562. The van der Waals surface area contributed by atoms with Gasteiger partial charge in [0.05, 0.1) is 13.0 Å². The van der Waals surface area contributed by atoms with Gasteiger partial charge in [0.15, 0.2) is 0 Å². The van der Waals surface area contributed by atoms with Crippen LogP contribution in [0.3, 0.4) is 0 Å². The zero-order valence-corrected chi connectivity index (χ0v) is 12.4. The van der Waals surface area contributed by atoms with Crippen LogP contribution in [0.15, 0.2) is 12.1 Å². The molecule has 20 heavy (non-hydrogen) atoms. The van der Waals surface area contributed by atoms with Gasteiger partial charge in [0.2, 0.25) is 0 Å². The second-order valence-corrected chi connectivity index (χ2v) is 5.43. The van der Waals surface area contributed by atoms with Crippen LogP contribution < -0.4 is 5.32 Å². The summed E-state index contributed by atoms with van der Waals surface area (Å²) in [6.07, 6.45) is 1.32. The smallest absolute Gasteiger partial charge is 0.307 e. The van der Waals surface area contributed by atoms with Crippen LogP contribution in [0, 0.1) is 6.92 Å². The Morgan fingerprint density at radius 2 is 2.20 bits per heavy atom. The molecule has 1 aliphatic rings. The molecule has 0 heterocycles. The predicted octanol–water partition coefficient (Wildman–Crippen LogP) is 2.79. The highest BCUT2D eigenvalue weighted by molar-refractivity contribution is 5.69. The maximum absolute atomic E-state index is 11.3. The van der Waals surface area contributed by atoms with Crippen LogP contribution in [-0.4, -0.2) is 24.2 Å². The SMILES string of the molecule is CCOC(=O)CCNC1CC(C)c2c(C)ccc(O)c21. The second-order valence-electron chi connectivity index (χ2n) is 5.43. The van der Waals surface area contributed by atoms with Gasteiger partial charge >= 0.3 is 5.97 Å². The number of esters is 1. The van der Waals surface area contributed by atoms with Crippen LogP contribution >= 0.6 is 0 Å². The summed E-state index contributed by atoms with van der Waals surface area (Å²) in [6, 6.07) is 3.84. The minimum Gasteiger partial charge on any atom is -0.508 e. The van der Waals surface area contributed by atoms with E-state index in [1.54, 1.807) is 13.0 Å². The molecule has 2 N–H and O–H groups in total. The number of rotatable bonds is 5. The Labute approximate surface area is 120 Å². The summed E-state index contributed by atoms with van der Waals surface area (Å²) >= 11 is 0. The third-order valence-corrected chi connectivity index (χ3v) is 3.94. The first-order valence-corrected chi connectivity index (χ1v) is 7.26. The molecule has 1 aromatic rings. The monoisotopic (exact) mass is 277 g/mol. The molecule has 0 radical (unpaired) electrons. The van der Waals surface area contributed by atoms with E-state index < -0.39 is 0 Å². The minimum absolute atomic E-state index is 0.120. The van der Waals surface area contributed by atoms with Crippen molar-refractivity contribution in [3.05, 3.63) is 28.8 Å². The number of aryl methyl sites for hydroxylation is 1. The third-order valence-electron chi connectivity index (χ3n) is 3.94. The lowest BCUT2D eigenvalue weighted by Gasteiger charge is -2.15. The number of hydrogen-bond acceptors (Lipinski definition) is 4. The van der Waals surface area contributed by atoms with E-state index in [9.17, 15) is 9.90 Å². The lowest BCUT2D eigenvalue weighted by Crippen LogP contribution is -2.23. The molecule has 4 nitrogen and oxygen atoms in total. The number of nitrogens with one attached hydrogen (secondary N) is 1. The maximum Gasteiger partial charge on any atom is 0.307 e. The Morgan fingerprint density at radius 1 is 1.45 bits per heavy atom. The van der Waals surface area contributed by atoms with Crippen molar-refractivity contribution in [3.8, 4) is 5.75 Å². The van der Waals surface area contributed by atoms with E-state index in [2.05, 4.69) is 19.2 Å². The molecule has 0 bridgehead atoms. The van der Waals surface area contributed by atoms with Crippen molar-refractivity contribution in [1.29, 1.82) is 0 Å². The fourth-order valence-electron chi connectivity index (χ4n) is 3.11. The molecule has 0 saturated carbocycles. The number of fused-ring (bicyclic) bond motifs is 1. The largest absolute Gasteiger partial charge is 0.508 e. The summed E-state index contributed by atoms with van der Waals surface area (Å²) < 4.78 is 4.91. The van der Waals surface area contributed by atoms with Crippen molar-refractivity contribution in [3.63, 3.8) is 0 Å². The fourth-order valence-corrected chi connectivity index (χ4v) is 3.11. The summed E-state index contributed by atoms with van der Waals surface area (Å²) in [4.78, 5) is 11.3. The first-order valence-electron chi connectivity index (χ1n) is 7.26. The lowest BCUT2D eigenvalue weighted by molar-refractivity contribution is -0.143. The molecule has 0 aliphatic heterocycles. The molecule has 2 atom stereocenters. The van der Waals surface area contributed by atoms with E-state index in [-0.39, 0.29) is 12.0 Å². The molecule has 0 amide bonds. The van der Waals surface area contributed by atoms with Crippen LogP contribution in [0.25, 0.3) is 0 Å². The maximum atomic E-state index is 11.3. The normalized spacial score (nSPS) is 20.8. The number of ether oxygens (including phenoxy) is 1. The summed E-state index contributed by atoms with van der Waals surface area (Å²) in [5.41, 5.74) is 3.47. The van der Waals surface area contributed by atoms with Crippen LogP contribution in [0.1, 0.15) is 55.3 Å². The Kier molecular flexibility index (Phi) is 4.65. The number of phenolic OH excluding ortho intramolecular Hbond substituents is 1. The van der Waals surface area contributed by atoms with Gasteiger partial charge in [-0.2, -0.15) is 0 Å². The average molecular weight is 277 g/mol. The van der Waals surface area contributed by atoms with Gasteiger partial charge in [-0.15, -0.1) is 0 Å². The van der Waals surface area contributed by atoms with E-state index in [4.69, 9.17) is 4.74 Å². The molecule has 1 aromatic carbocycles. The summed E-state index contributed by atoms with van der Waals surface area (Å²) in [5, 5.41) is 13.5. The van der Waals surface area contributed by atoms with Gasteiger partial charge in [-0.3, -0.25) is 4.79 Å². The zero-order chi connectivity index (χ0) is 14.7. The lowest BCUT2D eigenvalue weighted by atomic mass is 9.97. The van der Waals surface area contributed by atoms with Gasteiger partial charge < -0.3 is 15.2 Å². The molecule has 2 rings (SSSR count). The van der Waals surface area contributed by atoms with Crippen LogP contribution in [0.2, 0.25) is 0 Å². The van der Waals surface area contributed by atoms with Gasteiger partial charge in [-0.05, 0) is 43.4 Å². The summed E-state index contributed by atoms with van der Waals surface area (Å²) in [7, 11) is 0. The van der Waals surface area contributed by atoms with Crippen LogP contribution in [0.5, 0.6) is 5.75 Å². The third kappa shape index (κ3) is 2.96. The standard InChI is InChI=1S/C16H23NO3/c1-4-20-14(19)7-8-17-12-9-11(3)15-10(2)5-6-13(18)16(12)15/h5-6,11-12,17-18H,4,7-9H2,1-3H3. The van der Waals surface area contributed by atoms with Crippen molar-refractivity contribution in [1.82, 2.24) is 5.32 Å². The first kappa shape index (κ1) is 14.9. The van der Waals surface area contributed by atoms with E-state index in [1.807, 2.05) is 6.07 Å². The Balaban J connectivity index is 2.03. The van der Waals surface area contributed by atoms with E-state index in [0.29, 0.717) is 31.2 Å². The molecule has 2 unspecified atom stereocenters. The Morgan fingerprint density at radius 3 is 2.90 bits per heavy atom. The number of phenols is 1. The number of benzene rings is 1. The Hall–Kier alpha value is -1.55. The van der Waals surface area contributed by atoms with Gasteiger partial charge in [0.25, 0.3) is 0 Å². The van der Waals surface area contributed by atoms with Crippen molar-refractivity contribution >= 4 is 5.97 Å². The second kappa shape index (κ2) is 6.27. The number of carbonyl (C=O) groups is 1. The van der Waals surface area contributed by atoms with Crippen LogP contribution in [0.4, 0.5) is 0 Å². The quantitative estimate of drug-likeness (QED) is 0.813. The highest BCUT2D eigenvalue weighted by atomic mass is 16.5. The molecule has 0 aromatic heterocycles. The summed E-state index contributed by atoms with van der Waals surface area (Å²) in [6.45, 7) is 7.06. The molecule has 110 valence electrons. The van der Waals surface area contributed by atoms with E-state index >= 15 is 0 Å². The molecular weight excluding hydrogens is 254 g/mol. The van der Waals surface area contributed by atoms with Gasteiger partial charge in [-0.1, -0.05) is 13.0 Å². The topological polar surface area (TPSA) is 58.6 Å². The average Bonchev–Trinajstić information content (AvgIpc) is 2.73. The van der Waals surface area contributed by atoms with Crippen molar-refractivity contribution in [2.75, 3.05) is 13.2 Å². The molecule has 0 fully saturated rings. The highest BCUT2D eigenvalue weighted by Crippen LogP contribution is 2.45. The number of hydrogen-bond donors (Lipinski definition) is 2. The van der Waals surface area contributed by atoms with Crippen LogP contribution in [-0.2, 0) is 9.53 Å². The van der Waals surface area contributed by atoms with Crippen molar-refractivity contribution < 1.29 is 14.6 Å². The first-order chi connectivity index (χ1) is 9.54. The van der Waals surface area contributed by atoms with E-state index in [1.165, 1.54) is 11.1 Å². The van der Waals surface area contributed by atoms with Gasteiger partial charge in [0, 0.05) is 18.2 Å². The van der Waals surface area contributed by atoms with Gasteiger partial charge in [-0.25, -0.2) is 0 Å². The molecule has 0 spiro atoms. The zero-order valence-electron chi connectivity index (χ0n) is 12.4. The highest BCUT2D eigenvalue weighted by Gasteiger charge is 2.31. The minimum atomic E-state index is -0.181. The molecular formula is C16H23NO3. The number of carbonyl (C=O) groups excluding carboxylic acids is 1.